The van der Waals surface area contributed by atoms with Crippen molar-refractivity contribution >= 4 is 50.7 Å². The molecular formula is C25H25N3O4S2. The Morgan fingerprint density at radius 1 is 1.03 bits per heavy atom. The van der Waals surface area contributed by atoms with Crippen LogP contribution in [0.15, 0.2) is 71.6 Å². The second-order valence-corrected chi connectivity index (χ2v) is 10.8. The molecule has 3 aromatic rings. The SMILES string of the molecule is Cc1ccc(NC(=O)c2ccccc2SCC(=O)N2CCc3ccccc32)cc1NS(C)(=O)=O. The number of benzene rings is 3. The number of para-hydroxylation sites is 1. The molecule has 2 N–H and O–H groups in total. The molecule has 9 heteroatoms. The van der Waals surface area contributed by atoms with Crippen LogP contribution in [0.4, 0.5) is 17.1 Å². The number of hydrogen-bond donors (Lipinski definition) is 2. The van der Waals surface area contributed by atoms with Gasteiger partial charge in [-0.25, -0.2) is 8.42 Å². The molecule has 0 bridgehead atoms. The number of aryl methyl sites for hydroxylation is 1. The maximum Gasteiger partial charge on any atom is 0.256 e. The van der Waals surface area contributed by atoms with Gasteiger partial charge >= 0.3 is 0 Å². The molecular weight excluding hydrogens is 470 g/mol. The highest BCUT2D eigenvalue weighted by Crippen LogP contribution is 2.30. The second-order valence-electron chi connectivity index (χ2n) is 8.07. The first-order chi connectivity index (χ1) is 16.2. The molecule has 0 unspecified atom stereocenters. The third-order valence-electron chi connectivity index (χ3n) is 5.46. The predicted octanol–water partition coefficient (Wildman–Crippen LogP) is 4.30. The highest BCUT2D eigenvalue weighted by atomic mass is 32.2. The van der Waals surface area contributed by atoms with Crippen LogP contribution in [0.3, 0.4) is 0 Å². The Bertz CT molecular complexity index is 1360. The number of thioether (sulfide) groups is 1. The Labute approximate surface area is 203 Å². The molecule has 2 amide bonds. The smallest absolute Gasteiger partial charge is 0.256 e. The third kappa shape index (κ3) is 5.60. The van der Waals surface area contributed by atoms with Gasteiger partial charge in [-0.05, 0) is 54.8 Å². The molecule has 0 saturated carbocycles. The monoisotopic (exact) mass is 495 g/mol. The summed E-state index contributed by atoms with van der Waals surface area (Å²) in [6, 6.07) is 20.0. The topological polar surface area (TPSA) is 95.6 Å². The highest BCUT2D eigenvalue weighted by molar-refractivity contribution is 8.00. The van der Waals surface area contributed by atoms with Crippen LogP contribution in [0.25, 0.3) is 0 Å². The fraction of sp³-hybridized carbons (Fsp3) is 0.200. The summed E-state index contributed by atoms with van der Waals surface area (Å²) in [5.41, 5.74) is 4.17. The molecule has 0 atom stereocenters. The summed E-state index contributed by atoms with van der Waals surface area (Å²) in [6.07, 6.45) is 1.92. The van der Waals surface area contributed by atoms with Gasteiger partial charge in [0.25, 0.3) is 5.91 Å². The summed E-state index contributed by atoms with van der Waals surface area (Å²) in [7, 11) is -3.45. The predicted molar refractivity (Wildman–Crippen MR) is 137 cm³/mol. The lowest BCUT2D eigenvalue weighted by Gasteiger charge is -2.17. The summed E-state index contributed by atoms with van der Waals surface area (Å²) in [6.45, 7) is 2.44. The number of nitrogens with one attached hydrogen (secondary N) is 2. The summed E-state index contributed by atoms with van der Waals surface area (Å²) in [5.74, 6) is -0.123. The molecule has 0 spiro atoms. The summed E-state index contributed by atoms with van der Waals surface area (Å²) >= 11 is 1.33. The van der Waals surface area contributed by atoms with Gasteiger partial charge in [-0.2, -0.15) is 0 Å². The summed E-state index contributed by atoms with van der Waals surface area (Å²) < 4.78 is 25.7. The molecule has 1 aliphatic rings. The van der Waals surface area contributed by atoms with E-state index in [4.69, 9.17) is 0 Å². The summed E-state index contributed by atoms with van der Waals surface area (Å²) in [5, 5.41) is 2.83. The zero-order chi connectivity index (χ0) is 24.3. The fourth-order valence-electron chi connectivity index (χ4n) is 3.80. The van der Waals surface area contributed by atoms with E-state index < -0.39 is 10.0 Å². The first-order valence-corrected chi connectivity index (χ1v) is 13.6. The number of carbonyl (C=O) groups excluding carboxylic acids is 2. The number of hydrogen-bond acceptors (Lipinski definition) is 5. The molecule has 3 aromatic carbocycles. The molecule has 4 rings (SSSR count). The van der Waals surface area contributed by atoms with Crippen molar-refractivity contribution in [3.8, 4) is 0 Å². The van der Waals surface area contributed by atoms with Gasteiger partial charge in [0.05, 0.1) is 23.3 Å². The van der Waals surface area contributed by atoms with Crippen molar-refractivity contribution in [2.24, 2.45) is 0 Å². The van der Waals surface area contributed by atoms with Crippen molar-refractivity contribution in [1.29, 1.82) is 0 Å². The van der Waals surface area contributed by atoms with Crippen molar-refractivity contribution in [3.05, 3.63) is 83.4 Å². The Hall–Kier alpha value is -3.30. The van der Waals surface area contributed by atoms with Gasteiger partial charge in [-0.1, -0.05) is 36.4 Å². The average Bonchev–Trinajstić information content (AvgIpc) is 3.23. The van der Waals surface area contributed by atoms with Gasteiger partial charge < -0.3 is 10.2 Å². The number of amides is 2. The third-order valence-corrected chi connectivity index (χ3v) is 7.11. The number of anilines is 3. The van der Waals surface area contributed by atoms with E-state index in [-0.39, 0.29) is 17.6 Å². The van der Waals surface area contributed by atoms with Crippen LogP contribution in [0.1, 0.15) is 21.5 Å². The van der Waals surface area contributed by atoms with Crippen molar-refractivity contribution in [1.82, 2.24) is 0 Å². The number of fused-ring (bicyclic) bond motifs is 1. The lowest BCUT2D eigenvalue weighted by Crippen LogP contribution is -2.30. The van der Waals surface area contributed by atoms with E-state index in [1.807, 2.05) is 36.4 Å². The van der Waals surface area contributed by atoms with E-state index in [0.717, 1.165) is 23.9 Å². The molecule has 0 fully saturated rings. The number of rotatable bonds is 7. The molecule has 0 radical (unpaired) electrons. The Morgan fingerprint density at radius 2 is 1.76 bits per heavy atom. The standard InChI is InChI=1S/C25H25N3O4S2/c1-17-11-12-19(15-21(17)27-34(2,31)32)26-25(30)20-8-4-6-10-23(20)33-16-24(29)28-14-13-18-7-3-5-9-22(18)28/h3-12,15,27H,13-14,16H2,1-2H3,(H,26,30). The number of carbonyl (C=O) groups is 2. The Morgan fingerprint density at radius 3 is 2.56 bits per heavy atom. The molecule has 34 heavy (non-hydrogen) atoms. The lowest BCUT2D eigenvalue weighted by molar-refractivity contribution is -0.116. The van der Waals surface area contributed by atoms with Crippen molar-refractivity contribution in [2.45, 2.75) is 18.2 Å². The van der Waals surface area contributed by atoms with Crippen LogP contribution in [0.5, 0.6) is 0 Å². The van der Waals surface area contributed by atoms with E-state index in [2.05, 4.69) is 10.0 Å². The van der Waals surface area contributed by atoms with Crippen LogP contribution in [0, 0.1) is 6.92 Å². The minimum atomic E-state index is -3.45. The van der Waals surface area contributed by atoms with Crippen LogP contribution in [-0.2, 0) is 21.2 Å². The molecule has 0 saturated heterocycles. The molecule has 1 heterocycles. The van der Waals surface area contributed by atoms with Gasteiger partial charge in [0.15, 0.2) is 0 Å². The van der Waals surface area contributed by atoms with Crippen LogP contribution >= 0.6 is 11.8 Å². The number of sulfonamides is 1. The van der Waals surface area contributed by atoms with E-state index in [9.17, 15) is 18.0 Å². The van der Waals surface area contributed by atoms with Gasteiger partial charge in [-0.15, -0.1) is 11.8 Å². The lowest BCUT2D eigenvalue weighted by atomic mass is 10.1. The largest absolute Gasteiger partial charge is 0.322 e. The normalized spacial score (nSPS) is 12.8. The van der Waals surface area contributed by atoms with E-state index in [0.29, 0.717) is 28.4 Å². The first-order valence-electron chi connectivity index (χ1n) is 10.7. The minimum Gasteiger partial charge on any atom is -0.322 e. The maximum atomic E-state index is 13.0. The van der Waals surface area contributed by atoms with Crippen molar-refractivity contribution in [3.63, 3.8) is 0 Å². The van der Waals surface area contributed by atoms with Gasteiger partial charge in [0, 0.05) is 22.8 Å². The molecule has 0 aromatic heterocycles. The highest BCUT2D eigenvalue weighted by Gasteiger charge is 2.24. The molecule has 1 aliphatic heterocycles. The molecule has 0 aliphatic carbocycles. The van der Waals surface area contributed by atoms with Crippen LogP contribution < -0.4 is 14.9 Å². The molecule has 7 nitrogen and oxygen atoms in total. The van der Waals surface area contributed by atoms with Crippen molar-refractivity contribution in [2.75, 3.05) is 33.5 Å². The van der Waals surface area contributed by atoms with Gasteiger partial charge in [-0.3, -0.25) is 14.3 Å². The molecule has 176 valence electrons. The van der Waals surface area contributed by atoms with Gasteiger partial charge in [0.1, 0.15) is 0 Å². The number of nitrogens with zero attached hydrogens (tertiary/aromatic N) is 1. The van der Waals surface area contributed by atoms with E-state index >= 15 is 0 Å². The van der Waals surface area contributed by atoms with Gasteiger partial charge in [0.2, 0.25) is 15.9 Å². The maximum absolute atomic E-state index is 13.0. The van der Waals surface area contributed by atoms with E-state index in [1.54, 1.807) is 42.2 Å². The van der Waals surface area contributed by atoms with E-state index in [1.165, 1.54) is 17.3 Å². The fourth-order valence-corrected chi connectivity index (χ4v) is 5.35. The minimum absolute atomic E-state index is 0.000173. The Kier molecular flexibility index (Phi) is 6.95. The quantitative estimate of drug-likeness (QED) is 0.477. The zero-order valence-corrected chi connectivity index (χ0v) is 20.5. The average molecular weight is 496 g/mol. The Balaban J connectivity index is 1.46. The van der Waals surface area contributed by atoms with Crippen LogP contribution in [0.2, 0.25) is 0 Å². The van der Waals surface area contributed by atoms with Crippen LogP contribution in [-0.4, -0.2) is 38.8 Å². The van der Waals surface area contributed by atoms with Crippen molar-refractivity contribution < 1.29 is 18.0 Å². The zero-order valence-electron chi connectivity index (χ0n) is 18.9. The first kappa shape index (κ1) is 23.8. The summed E-state index contributed by atoms with van der Waals surface area (Å²) in [4.78, 5) is 28.4. The second kappa shape index (κ2) is 9.90.